The van der Waals surface area contributed by atoms with E-state index < -0.39 is 0 Å². The molecule has 0 amide bonds. The number of hydrogen-bond donors (Lipinski definition) is 0. The highest BCUT2D eigenvalue weighted by Gasteiger charge is 2.46. The molecular formula is C20H31N3O3. The van der Waals surface area contributed by atoms with Gasteiger partial charge >= 0.3 is 0 Å². The molecule has 3 aliphatic rings. The maximum Gasteiger partial charge on any atom is 0.225 e. The van der Waals surface area contributed by atoms with E-state index in [0.29, 0.717) is 11.8 Å². The first kappa shape index (κ1) is 18.1. The Kier molecular flexibility index (Phi) is 6.02. The van der Waals surface area contributed by atoms with E-state index in [2.05, 4.69) is 14.9 Å². The number of hydrogen-bond acceptors (Lipinski definition) is 6. The maximum absolute atomic E-state index is 6.29. The first-order valence-corrected chi connectivity index (χ1v) is 10.2. The monoisotopic (exact) mass is 361 g/mol. The zero-order chi connectivity index (χ0) is 17.7. The van der Waals surface area contributed by atoms with Gasteiger partial charge in [-0.2, -0.15) is 0 Å². The van der Waals surface area contributed by atoms with Crippen molar-refractivity contribution in [3.63, 3.8) is 0 Å². The van der Waals surface area contributed by atoms with Gasteiger partial charge in [-0.25, -0.2) is 9.97 Å². The Hall–Kier alpha value is -1.24. The molecule has 26 heavy (non-hydrogen) atoms. The van der Waals surface area contributed by atoms with Crippen molar-refractivity contribution in [1.29, 1.82) is 0 Å². The highest BCUT2D eigenvalue weighted by molar-refractivity contribution is 5.30. The van der Waals surface area contributed by atoms with Crippen LogP contribution < -0.4 is 4.90 Å². The second kappa shape index (κ2) is 8.63. The molecule has 1 atom stereocenters. The lowest BCUT2D eigenvalue weighted by Gasteiger charge is -2.42. The summed E-state index contributed by atoms with van der Waals surface area (Å²) in [5.74, 6) is 2.15. The smallest absolute Gasteiger partial charge is 0.225 e. The molecule has 0 unspecified atom stereocenters. The molecule has 4 rings (SSSR count). The second-order valence-corrected chi connectivity index (χ2v) is 7.85. The van der Waals surface area contributed by atoms with Crippen LogP contribution in [0, 0.1) is 11.8 Å². The standard InChI is InChI=1S/C20H31N3O3/c1-8-21-19(22-9-1)23-10-6-20(7-11-23)18(5-15-26-20)4-14-25-16-17-2-12-24-13-3-17/h1,8-9,17-18H,2-7,10-16H2/t18-/m1/s1. The van der Waals surface area contributed by atoms with E-state index in [4.69, 9.17) is 14.2 Å². The van der Waals surface area contributed by atoms with Gasteiger partial charge in [0.15, 0.2) is 0 Å². The number of aromatic nitrogens is 2. The molecule has 1 spiro atoms. The third-order valence-electron chi connectivity index (χ3n) is 6.35. The SMILES string of the molecule is c1cnc(N2CCC3(CC2)OCC[C@H]3CCOCC2CCOCC2)nc1. The quantitative estimate of drug-likeness (QED) is 0.726. The fourth-order valence-corrected chi connectivity index (χ4v) is 4.67. The summed E-state index contributed by atoms with van der Waals surface area (Å²) >= 11 is 0. The maximum atomic E-state index is 6.29. The summed E-state index contributed by atoms with van der Waals surface area (Å²) in [5, 5.41) is 0. The molecule has 0 saturated carbocycles. The molecule has 3 aliphatic heterocycles. The van der Waals surface area contributed by atoms with Crippen LogP contribution in [0.2, 0.25) is 0 Å². The first-order chi connectivity index (χ1) is 12.9. The molecule has 6 heteroatoms. The van der Waals surface area contributed by atoms with Crippen LogP contribution in [-0.2, 0) is 14.2 Å². The number of piperidine rings is 1. The van der Waals surface area contributed by atoms with Crippen molar-refractivity contribution >= 4 is 5.95 Å². The van der Waals surface area contributed by atoms with E-state index in [1.54, 1.807) is 0 Å². The predicted octanol–water partition coefficient (Wildman–Crippen LogP) is 2.69. The van der Waals surface area contributed by atoms with Gasteiger partial charge in [0.1, 0.15) is 0 Å². The zero-order valence-electron chi connectivity index (χ0n) is 15.6. The Balaban J connectivity index is 1.23. The predicted molar refractivity (Wildman–Crippen MR) is 99.2 cm³/mol. The van der Waals surface area contributed by atoms with Crippen LogP contribution in [0.3, 0.4) is 0 Å². The molecule has 3 fully saturated rings. The lowest BCUT2D eigenvalue weighted by Crippen LogP contribution is -2.48. The van der Waals surface area contributed by atoms with Crippen molar-refractivity contribution in [2.75, 3.05) is 51.0 Å². The molecular weight excluding hydrogens is 330 g/mol. The van der Waals surface area contributed by atoms with Crippen molar-refractivity contribution in [2.45, 2.75) is 44.1 Å². The molecule has 0 aliphatic carbocycles. The molecule has 0 bridgehead atoms. The van der Waals surface area contributed by atoms with E-state index in [-0.39, 0.29) is 5.60 Å². The fraction of sp³-hybridized carbons (Fsp3) is 0.800. The first-order valence-electron chi connectivity index (χ1n) is 10.2. The highest BCUT2D eigenvalue weighted by atomic mass is 16.5. The Morgan fingerprint density at radius 3 is 2.62 bits per heavy atom. The minimum absolute atomic E-state index is 0.0489. The van der Waals surface area contributed by atoms with Crippen LogP contribution in [0.5, 0.6) is 0 Å². The van der Waals surface area contributed by atoms with Gasteiger partial charge in [0.05, 0.1) is 5.60 Å². The number of anilines is 1. The van der Waals surface area contributed by atoms with Crippen LogP contribution in [0.1, 0.15) is 38.5 Å². The van der Waals surface area contributed by atoms with Gasteiger partial charge in [0.2, 0.25) is 5.95 Å². The Labute approximate surface area is 156 Å². The van der Waals surface area contributed by atoms with Crippen molar-refractivity contribution in [2.24, 2.45) is 11.8 Å². The summed E-state index contributed by atoms with van der Waals surface area (Å²) in [4.78, 5) is 11.1. The third kappa shape index (κ3) is 4.18. The van der Waals surface area contributed by atoms with E-state index >= 15 is 0 Å². The molecule has 0 N–H and O–H groups in total. The summed E-state index contributed by atoms with van der Waals surface area (Å²) in [7, 11) is 0. The molecule has 0 aromatic carbocycles. The molecule has 6 nitrogen and oxygen atoms in total. The van der Waals surface area contributed by atoms with Crippen LogP contribution in [0.25, 0.3) is 0 Å². The third-order valence-corrected chi connectivity index (χ3v) is 6.35. The second-order valence-electron chi connectivity index (χ2n) is 7.85. The minimum Gasteiger partial charge on any atom is -0.381 e. The Bertz CT molecular complexity index is 542. The van der Waals surface area contributed by atoms with Gasteiger partial charge in [-0.3, -0.25) is 0 Å². The number of nitrogens with zero attached hydrogens (tertiary/aromatic N) is 3. The molecule has 4 heterocycles. The van der Waals surface area contributed by atoms with Gasteiger partial charge in [-0.15, -0.1) is 0 Å². The average Bonchev–Trinajstić information content (AvgIpc) is 3.09. The van der Waals surface area contributed by atoms with Crippen LogP contribution >= 0.6 is 0 Å². The molecule has 0 radical (unpaired) electrons. The Morgan fingerprint density at radius 1 is 1.08 bits per heavy atom. The van der Waals surface area contributed by atoms with E-state index in [1.165, 1.54) is 6.42 Å². The van der Waals surface area contributed by atoms with Gasteiger partial charge in [-0.05, 0) is 56.4 Å². The van der Waals surface area contributed by atoms with Gasteiger partial charge in [0, 0.05) is 58.5 Å². The summed E-state index contributed by atoms with van der Waals surface area (Å²) in [6.45, 7) is 6.39. The fourth-order valence-electron chi connectivity index (χ4n) is 4.67. The summed E-state index contributed by atoms with van der Waals surface area (Å²) in [5.41, 5.74) is 0.0489. The van der Waals surface area contributed by atoms with Gasteiger partial charge < -0.3 is 19.1 Å². The minimum atomic E-state index is 0.0489. The van der Waals surface area contributed by atoms with Crippen molar-refractivity contribution in [1.82, 2.24) is 9.97 Å². The number of ether oxygens (including phenoxy) is 3. The van der Waals surface area contributed by atoms with E-state index in [9.17, 15) is 0 Å². The average molecular weight is 361 g/mol. The summed E-state index contributed by atoms with van der Waals surface area (Å²) in [6, 6.07) is 1.87. The van der Waals surface area contributed by atoms with E-state index in [1.807, 2.05) is 18.5 Å². The largest absolute Gasteiger partial charge is 0.381 e. The molecule has 3 saturated heterocycles. The normalized spacial score (nSPS) is 26.5. The molecule has 1 aromatic rings. The van der Waals surface area contributed by atoms with Crippen LogP contribution in [0.15, 0.2) is 18.5 Å². The zero-order valence-corrected chi connectivity index (χ0v) is 15.6. The Morgan fingerprint density at radius 2 is 1.85 bits per heavy atom. The lowest BCUT2D eigenvalue weighted by molar-refractivity contribution is -0.0494. The van der Waals surface area contributed by atoms with E-state index in [0.717, 1.165) is 84.2 Å². The lowest BCUT2D eigenvalue weighted by atomic mass is 9.78. The van der Waals surface area contributed by atoms with Gasteiger partial charge in [0.25, 0.3) is 0 Å². The number of rotatable bonds is 6. The molecule has 1 aromatic heterocycles. The molecule has 144 valence electrons. The summed E-state index contributed by atoms with van der Waals surface area (Å²) < 4.78 is 17.7. The van der Waals surface area contributed by atoms with Crippen molar-refractivity contribution < 1.29 is 14.2 Å². The topological polar surface area (TPSA) is 56.7 Å². The van der Waals surface area contributed by atoms with Crippen molar-refractivity contribution in [3.8, 4) is 0 Å². The van der Waals surface area contributed by atoms with Gasteiger partial charge in [-0.1, -0.05) is 0 Å². The van der Waals surface area contributed by atoms with Crippen LogP contribution in [-0.4, -0.2) is 61.7 Å². The van der Waals surface area contributed by atoms with Crippen LogP contribution in [0.4, 0.5) is 5.95 Å². The highest BCUT2D eigenvalue weighted by Crippen LogP contribution is 2.42. The van der Waals surface area contributed by atoms with Crippen molar-refractivity contribution in [3.05, 3.63) is 18.5 Å². The summed E-state index contributed by atoms with van der Waals surface area (Å²) in [6.07, 6.45) is 10.3.